The SMILES string of the molecule is CCN(CC1CCNCC1)[C@@H](C)Cc1ccc2c(c1)CCO2. The Bertz CT molecular complexity index is 482. The van der Waals surface area contributed by atoms with Crippen LogP contribution in [-0.2, 0) is 12.8 Å². The van der Waals surface area contributed by atoms with Crippen LogP contribution in [0.15, 0.2) is 18.2 Å². The van der Waals surface area contributed by atoms with Gasteiger partial charge < -0.3 is 15.0 Å². The first-order chi connectivity index (χ1) is 10.8. The standard InChI is InChI=1S/C19H30N2O/c1-3-21(14-16-6-9-20-10-7-16)15(2)12-17-4-5-19-18(13-17)8-11-22-19/h4-5,13,15-16,20H,3,6-12,14H2,1-2H3/t15-/m0/s1. The molecule has 1 atom stereocenters. The molecule has 1 aromatic carbocycles. The van der Waals surface area contributed by atoms with E-state index in [9.17, 15) is 0 Å². The van der Waals surface area contributed by atoms with Gasteiger partial charge in [0.15, 0.2) is 0 Å². The third kappa shape index (κ3) is 3.82. The van der Waals surface area contributed by atoms with E-state index >= 15 is 0 Å². The van der Waals surface area contributed by atoms with Gasteiger partial charge in [-0.25, -0.2) is 0 Å². The van der Waals surface area contributed by atoms with Crippen molar-refractivity contribution in [2.75, 3.05) is 32.8 Å². The van der Waals surface area contributed by atoms with E-state index < -0.39 is 0 Å². The van der Waals surface area contributed by atoms with Crippen molar-refractivity contribution in [2.24, 2.45) is 5.92 Å². The van der Waals surface area contributed by atoms with Crippen LogP contribution in [0.5, 0.6) is 5.75 Å². The Hall–Kier alpha value is -1.06. The second-order valence-corrected chi connectivity index (χ2v) is 6.87. The third-order valence-electron chi connectivity index (χ3n) is 5.27. The van der Waals surface area contributed by atoms with E-state index in [-0.39, 0.29) is 0 Å². The summed E-state index contributed by atoms with van der Waals surface area (Å²) < 4.78 is 5.61. The van der Waals surface area contributed by atoms with Gasteiger partial charge in [0.05, 0.1) is 6.61 Å². The van der Waals surface area contributed by atoms with Crippen LogP contribution in [0.1, 0.15) is 37.8 Å². The Morgan fingerprint density at radius 2 is 2.14 bits per heavy atom. The molecular weight excluding hydrogens is 272 g/mol. The number of piperidine rings is 1. The number of fused-ring (bicyclic) bond motifs is 1. The molecule has 2 heterocycles. The highest BCUT2D eigenvalue weighted by atomic mass is 16.5. The first-order valence-electron chi connectivity index (χ1n) is 8.95. The zero-order chi connectivity index (χ0) is 15.4. The summed E-state index contributed by atoms with van der Waals surface area (Å²) in [6.45, 7) is 10.3. The van der Waals surface area contributed by atoms with Crippen LogP contribution in [0, 0.1) is 5.92 Å². The highest BCUT2D eigenvalue weighted by molar-refractivity contribution is 5.40. The number of nitrogens with zero attached hydrogens (tertiary/aromatic N) is 1. The number of hydrogen-bond donors (Lipinski definition) is 1. The molecule has 0 aromatic heterocycles. The van der Waals surface area contributed by atoms with Crippen molar-refractivity contribution < 1.29 is 4.74 Å². The summed E-state index contributed by atoms with van der Waals surface area (Å²) in [4.78, 5) is 2.67. The molecule has 0 saturated carbocycles. The number of hydrogen-bond acceptors (Lipinski definition) is 3. The molecule has 122 valence electrons. The highest BCUT2D eigenvalue weighted by Gasteiger charge is 2.20. The molecule has 3 nitrogen and oxygen atoms in total. The van der Waals surface area contributed by atoms with Gasteiger partial charge in [0.1, 0.15) is 5.75 Å². The monoisotopic (exact) mass is 302 g/mol. The fourth-order valence-corrected chi connectivity index (χ4v) is 3.85. The largest absolute Gasteiger partial charge is 0.493 e. The molecule has 0 aliphatic carbocycles. The third-order valence-corrected chi connectivity index (χ3v) is 5.27. The lowest BCUT2D eigenvalue weighted by Gasteiger charge is -2.33. The van der Waals surface area contributed by atoms with Crippen LogP contribution in [-0.4, -0.2) is 43.7 Å². The van der Waals surface area contributed by atoms with E-state index in [2.05, 4.69) is 42.3 Å². The van der Waals surface area contributed by atoms with Crippen molar-refractivity contribution in [3.63, 3.8) is 0 Å². The molecular formula is C19H30N2O. The summed E-state index contributed by atoms with van der Waals surface area (Å²) in [6, 6.07) is 7.38. The number of rotatable bonds is 6. The van der Waals surface area contributed by atoms with Crippen LogP contribution >= 0.6 is 0 Å². The van der Waals surface area contributed by atoms with Gasteiger partial charge in [-0.1, -0.05) is 19.1 Å². The predicted molar refractivity (Wildman–Crippen MR) is 91.6 cm³/mol. The van der Waals surface area contributed by atoms with Gasteiger partial charge in [0.25, 0.3) is 0 Å². The van der Waals surface area contributed by atoms with Crippen molar-refractivity contribution >= 4 is 0 Å². The zero-order valence-corrected chi connectivity index (χ0v) is 14.1. The Morgan fingerprint density at radius 3 is 2.91 bits per heavy atom. The maximum Gasteiger partial charge on any atom is 0.122 e. The molecule has 1 saturated heterocycles. The second kappa shape index (κ2) is 7.47. The maximum absolute atomic E-state index is 5.61. The average molecular weight is 302 g/mol. The van der Waals surface area contributed by atoms with Crippen LogP contribution in [0.2, 0.25) is 0 Å². The lowest BCUT2D eigenvalue weighted by atomic mass is 9.96. The van der Waals surface area contributed by atoms with E-state index in [0.29, 0.717) is 6.04 Å². The molecule has 0 bridgehead atoms. The lowest BCUT2D eigenvalue weighted by Crippen LogP contribution is -2.41. The van der Waals surface area contributed by atoms with Crippen molar-refractivity contribution in [3.05, 3.63) is 29.3 Å². The lowest BCUT2D eigenvalue weighted by molar-refractivity contribution is 0.167. The van der Waals surface area contributed by atoms with E-state index in [4.69, 9.17) is 4.74 Å². The number of benzene rings is 1. The van der Waals surface area contributed by atoms with Crippen LogP contribution < -0.4 is 10.1 Å². The van der Waals surface area contributed by atoms with Gasteiger partial charge in [-0.3, -0.25) is 0 Å². The number of nitrogens with one attached hydrogen (secondary N) is 1. The fourth-order valence-electron chi connectivity index (χ4n) is 3.85. The first kappa shape index (κ1) is 15.8. The van der Waals surface area contributed by atoms with E-state index in [0.717, 1.165) is 37.7 Å². The van der Waals surface area contributed by atoms with Crippen LogP contribution in [0.25, 0.3) is 0 Å². The molecule has 0 spiro atoms. The maximum atomic E-state index is 5.61. The molecule has 3 rings (SSSR count). The van der Waals surface area contributed by atoms with E-state index in [1.54, 1.807) is 0 Å². The average Bonchev–Trinajstić information content (AvgIpc) is 3.01. The van der Waals surface area contributed by atoms with Gasteiger partial charge in [-0.05, 0) is 68.9 Å². The molecule has 22 heavy (non-hydrogen) atoms. The Morgan fingerprint density at radius 1 is 1.32 bits per heavy atom. The topological polar surface area (TPSA) is 24.5 Å². The minimum Gasteiger partial charge on any atom is -0.493 e. The Labute approximate surface area is 135 Å². The minimum atomic E-state index is 0.611. The fraction of sp³-hybridized carbons (Fsp3) is 0.684. The Kier molecular flexibility index (Phi) is 5.37. The van der Waals surface area contributed by atoms with Crippen LogP contribution in [0.3, 0.4) is 0 Å². The molecule has 0 radical (unpaired) electrons. The molecule has 1 aromatic rings. The molecule has 0 amide bonds. The normalized spacial score (nSPS) is 20.0. The van der Waals surface area contributed by atoms with E-state index in [1.165, 1.54) is 43.6 Å². The van der Waals surface area contributed by atoms with E-state index in [1.807, 2.05) is 0 Å². The highest BCUT2D eigenvalue weighted by Crippen LogP contribution is 2.27. The second-order valence-electron chi connectivity index (χ2n) is 6.87. The summed E-state index contributed by atoms with van der Waals surface area (Å²) in [5, 5.41) is 3.47. The van der Waals surface area contributed by atoms with Crippen molar-refractivity contribution in [3.8, 4) is 5.75 Å². The van der Waals surface area contributed by atoms with Gasteiger partial charge in [-0.15, -0.1) is 0 Å². The summed E-state index contributed by atoms with van der Waals surface area (Å²) in [5.41, 5.74) is 2.85. The van der Waals surface area contributed by atoms with Gasteiger partial charge in [-0.2, -0.15) is 0 Å². The smallest absolute Gasteiger partial charge is 0.122 e. The molecule has 2 aliphatic rings. The van der Waals surface area contributed by atoms with Crippen LogP contribution in [0.4, 0.5) is 0 Å². The van der Waals surface area contributed by atoms with Crippen molar-refractivity contribution in [1.82, 2.24) is 10.2 Å². The molecule has 3 heteroatoms. The zero-order valence-electron chi connectivity index (χ0n) is 14.1. The molecule has 1 fully saturated rings. The van der Waals surface area contributed by atoms with Gasteiger partial charge >= 0.3 is 0 Å². The van der Waals surface area contributed by atoms with Crippen molar-refractivity contribution in [2.45, 2.75) is 45.6 Å². The predicted octanol–water partition coefficient (Wildman–Crippen LogP) is 2.87. The summed E-state index contributed by atoms with van der Waals surface area (Å²) in [5.74, 6) is 1.97. The number of ether oxygens (including phenoxy) is 1. The molecule has 1 N–H and O–H groups in total. The quantitative estimate of drug-likeness (QED) is 0.874. The number of likely N-dealkylation sites (N-methyl/N-ethyl adjacent to an activating group) is 1. The molecule has 0 unspecified atom stereocenters. The molecule has 2 aliphatic heterocycles. The van der Waals surface area contributed by atoms with Gasteiger partial charge in [0.2, 0.25) is 0 Å². The summed E-state index contributed by atoms with van der Waals surface area (Å²) in [7, 11) is 0. The summed E-state index contributed by atoms with van der Waals surface area (Å²) >= 11 is 0. The Balaban J connectivity index is 1.57. The van der Waals surface area contributed by atoms with Gasteiger partial charge in [0, 0.05) is 19.0 Å². The summed E-state index contributed by atoms with van der Waals surface area (Å²) in [6.07, 6.45) is 4.88. The minimum absolute atomic E-state index is 0.611. The first-order valence-corrected chi connectivity index (χ1v) is 8.95. The van der Waals surface area contributed by atoms with Crippen molar-refractivity contribution in [1.29, 1.82) is 0 Å².